The molecule has 1 rings (SSSR count). The van der Waals surface area contributed by atoms with Crippen LogP contribution in [0, 0.1) is 5.92 Å². The zero-order chi connectivity index (χ0) is 12.0. The van der Waals surface area contributed by atoms with Crippen molar-refractivity contribution in [1.82, 2.24) is 10.2 Å². The average Bonchev–Trinajstić information content (AvgIpc) is 2.30. The standard InChI is InChI=1S/C12H24N2O2/c1-4-5-7-13-12(15)14-8-6-10(2)11(9-14)16-3/h10-11H,4-9H2,1-3H3,(H,13,15). The molecule has 94 valence electrons. The first kappa shape index (κ1) is 13.3. The van der Waals surface area contributed by atoms with Crippen molar-refractivity contribution in [3.05, 3.63) is 0 Å². The van der Waals surface area contributed by atoms with Crippen LogP contribution in [0.5, 0.6) is 0 Å². The Morgan fingerprint density at radius 1 is 1.56 bits per heavy atom. The van der Waals surface area contributed by atoms with Crippen LogP contribution < -0.4 is 5.32 Å². The molecule has 2 atom stereocenters. The first-order chi connectivity index (χ1) is 7.69. The van der Waals surface area contributed by atoms with Gasteiger partial charge in [-0.05, 0) is 18.8 Å². The molecule has 16 heavy (non-hydrogen) atoms. The van der Waals surface area contributed by atoms with Gasteiger partial charge in [0.25, 0.3) is 0 Å². The molecule has 1 aliphatic heterocycles. The van der Waals surface area contributed by atoms with Gasteiger partial charge in [-0.1, -0.05) is 20.3 Å². The highest BCUT2D eigenvalue weighted by molar-refractivity contribution is 5.74. The summed E-state index contributed by atoms with van der Waals surface area (Å²) in [5, 5.41) is 2.94. The van der Waals surface area contributed by atoms with Crippen LogP contribution in [0.15, 0.2) is 0 Å². The van der Waals surface area contributed by atoms with Crippen LogP contribution >= 0.6 is 0 Å². The lowest BCUT2D eigenvalue weighted by Crippen LogP contribution is -2.50. The molecule has 0 spiro atoms. The Kier molecular flexibility index (Phi) is 5.60. The Hall–Kier alpha value is -0.770. The molecule has 0 saturated carbocycles. The SMILES string of the molecule is CCCCNC(=O)N1CCC(C)C(OC)C1. The van der Waals surface area contributed by atoms with E-state index in [1.54, 1.807) is 7.11 Å². The number of hydrogen-bond acceptors (Lipinski definition) is 2. The number of nitrogens with one attached hydrogen (secondary N) is 1. The monoisotopic (exact) mass is 228 g/mol. The van der Waals surface area contributed by atoms with Crippen molar-refractivity contribution in [2.45, 2.75) is 39.2 Å². The molecule has 1 aliphatic rings. The van der Waals surface area contributed by atoms with Gasteiger partial charge < -0.3 is 15.0 Å². The fourth-order valence-corrected chi connectivity index (χ4v) is 2.01. The topological polar surface area (TPSA) is 41.6 Å². The van der Waals surface area contributed by atoms with E-state index >= 15 is 0 Å². The van der Waals surface area contributed by atoms with Crippen molar-refractivity contribution in [3.63, 3.8) is 0 Å². The number of likely N-dealkylation sites (tertiary alicyclic amines) is 1. The van der Waals surface area contributed by atoms with Gasteiger partial charge in [0, 0.05) is 26.7 Å². The Bertz CT molecular complexity index is 221. The Morgan fingerprint density at radius 2 is 2.31 bits per heavy atom. The maximum absolute atomic E-state index is 11.8. The number of methoxy groups -OCH3 is 1. The molecule has 4 heteroatoms. The summed E-state index contributed by atoms with van der Waals surface area (Å²) in [5.41, 5.74) is 0. The zero-order valence-electron chi connectivity index (χ0n) is 10.7. The number of piperidine rings is 1. The number of amides is 2. The minimum atomic E-state index is 0.0578. The van der Waals surface area contributed by atoms with Gasteiger partial charge in [-0.3, -0.25) is 0 Å². The third-order valence-electron chi connectivity index (χ3n) is 3.29. The van der Waals surface area contributed by atoms with E-state index in [1.165, 1.54) is 0 Å². The third kappa shape index (κ3) is 3.67. The maximum atomic E-state index is 11.8. The van der Waals surface area contributed by atoms with Crippen molar-refractivity contribution < 1.29 is 9.53 Å². The molecule has 1 heterocycles. The third-order valence-corrected chi connectivity index (χ3v) is 3.29. The lowest BCUT2D eigenvalue weighted by molar-refractivity contribution is 0.00720. The fraction of sp³-hybridized carbons (Fsp3) is 0.917. The molecule has 2 unspecified atom stereocenters. The van der Waals surface area contributed by atoms with E-state index in [2.05, 4.69) is 19.2 Å². The van der Waals surface area contributed by atoms with E-state index in [1.807, 2.05) is 4.90 Å². The fourth-order valence-electron chi connectivity index (χ4n) is 2.01. The first-order valence-electron chi connectivity index (χ1n) is 6.24. The van der Waals surface area contributed by atoms with Gasteiger partial charge in [-0.15, -0.1) is 0 Å². The molecule has 4 nitrogen and oxygen atoms in total. The van der Waals surface area contributed by atoms with Crippen molar-refractivity contribution in [1.29, 1.82) is 0 Å². The number of urea groups is 1. The largest absolute Gasteiger partial charge is 0.379 e. The molecule has 0 aliphatic carbocycles. The number of ether oxygens (including phenoxy) is 1. The second-order valence-corrected chi connectivity index (χ2v) is 4.57. The predicted octanol–water partition coefficient (Wildman–Crippen LogP) is 1.85. The molecule has 1 saturated heterocycles. The number of hydrogen-bond donors (Lipinski definition) is 1. The van der Waals surface area contributed by atoms with Crippen LogP contribution in [-0.2, 0) is 4.74 Å². The van der Waals surface area contributed by atoms with Crippen molar-refractivity contribution in [2.24, 2.45) is 5.92 Å². The summed E-state index contributed by atoms with van der Waals surface area (Å²) >= 11 is 0. The number of rotatable bonds is 4. The molecule has 0 radical (unpaired) electrons. The van der Waals surface area contributed by atoms with Crippen LogP contribution in [0.3, 0.4) is 0 Å². The van der Waals surface area contributed by atoms with Crippen molar-refractivity contribution in [3.8, 4) is 0 Å². The van der Waals surface area contributed by atoms with Gasteiger partial charge in [-0.2, -0.15) is 0 Å². The molecular formula is C12H24N2O2. The van der Waals surface area contributed by atoms with Gasteiger partial charge in [0.05, 0.1) is 6.10 Å². The van der Waals surface area contributed by atoms with Gasteiger partial charge in [0.15, 0.2) is 0 Å². The smallest absolute Gasteiger partial charge is 0.317 e. The minimum Gasteiger partial charge on any atom is -0.379 e. The van der Waals surface area contributed by atoms with Crippen LogP contribution in [0.2, 0.25) is 0 Å². The van der Waals surface area contributed by atoms with Gasteiger partial charge in [0.1, 0.15) is 0 Å². The first-order valence-corrected chi connectivity index (χ1v) is 6.24. The highest BCUT2D eigenvalue weighted by Gasteiger charge is 2.28. The summed E-state index contributed by atoms with van der Waals surface area (Å²) in [6, 6.07) is 0.0578. The van der Waals surface area contributed by atoms with Crippen molar-refractivity contribution >= 4 is 6.03 Å². The maximum Gasteiger partial charge on any atom is 0.317 e. The average molecular weight is 228 g/mol. The van der Waals surface area contributed by atoms with Gasteiger partial charge in [0.2, 0.25) is 0 Å². The Labute approximate surface area is 98.3 Å². The number of unbranched alkanes of at least 4 members (excludes halogenated alkanes) is 1. The molecular weight excluding hydrogens is 204 g/mol. The van der Waals surface area contributed by atoms with Crippen LogP contribution in [0.4, 0.5) is 4.79 Å². The Balaban J connectivity index is 2.33. The van der Waals surface area contributed by atoms with Gasteiger partial charge >= 0.3 is 6.03 Å². The van der Waals surface area contributed by atoms with Crippen LogP contribution in [-0.4, -0.2) is 43.8 Å². The molecule has 2 amide bonds. The zero-order valence-corrected chi connectivity index (χ0v) is 10.7. The minimum absolute atomic E-state index is 0.0578. The van der Waals surface area contributed by atoms with E-state index in [0.29, 0.717) is 5.92 Å². The van der Waals surface area contributed by atoms with E-state index < -0.39 is 0 Å². The summed E-state index contributed by atoms with van der Waals surface area (Å²) in [6.07, 6.45) is 3.37. The number of nitrogens with zero attached hydrogens (tertiary/aromatic N) is 1. The predicted molar refractivity (Wildman–Crippen MR) is 64.5 cm³/mol. The summed E-state index contributed by atoms with van der Waals surface area (Å²) in [5.74, 6) is 0.546. The molecule has 0 aromatic rings. The van der Waals surface area contributed by atoms with E-state index in [9.17, 15) is 4.79 Å². The quantitative estimate of drug-likeness (QED) is 0.746. The Morgan fingerprint density at radius 3 is 2.94 bits per heavy atom. The molecule has 0 aromatic carbocycles. The number of carbonyl (C=O) groups is 1. The lowest BCUT2D eigenvalue weighted by atomic mass is 9.96. The molecule has 1 fully saturated rings. The van der Waals surface area contributed by atoms with Crippen molar-refractivity contribution in [2.75, 3.05) is 26.7 Å². The normalized spacial score (nSPS) is 25.6. The molecule has 1 N–H and O–H groups in total. The lowest BCUT2D eigenvalue weighted by Gasteiger charge is -2.36. The summed E-state index contributed by atoms with van der Waals surface area (Å²) < 4.78 is 5.39. The highest BCUT2D eigenvalue weighted by Crippen LogP contribution is 2.19. The summed E-state index contributed by atoms with van der Waals surface area (Å²) in [4.78, 5) is 13.7. The summed E-state index contributed by atoms with van der Waals surface area (Å²) in [7, 11) is 1.72. The summed E-state index contributed by atoms with van der Waals surface area (Å²) in [6.45, 7) is 6.64. The van der Waals surface area contributed by atoms with E-state index in [0.717, 1.165) is 38.9 Å². The van der Waals surface area contributed by atoms with E-state index in [-0.39, 0.29) is 12.1 Å². The van der Waals surface area contributed by atoms with Crippen LogP contribution in [0.1, 0.15) is 33.1 Å². The highest BCUT2D eigenvalue weighted by atomic mass is 16.5. The number of carbonyl (C=O) groups excluding carboxylic acids is 1. The molecule has 0 bridgehead atoms. The van der Waals surface area contributed by atoms with Crippen LogP contribution in [0.25, 0.3) is 0 Å². The van der Waals surface area contributed by atoms with E-state index in [4.69, 9.17) is 4.74 Å². The second kappa shape index (κ2) is 6.74. The molecule has 0 aromatic heterocycles. The van der Waals surface area contributed by atoms with Gasteiger partial charge in [-0.25, -0.2) is 4.79 Å². The second-order valence-electron chi connectivity index (χ2n) is 4.57.